The third-order valence-corrected chi connectivity index (χ3v) is 4.31. The van der Waals surface area contributed by atoms with Crippen LogP contribution >= 0.6 is 0 Å². The van der Waals surface area contributed by atoms with Crippen LogP contribution in [0.25, 0.3) is 0 Å². The molecule has 0 amide bonds. The maximum Gasteiger partial charge on any atom is 0.122 e. The van der Waals surface area contributed by atoms with Crippen molar-refractivity contribution in [1.82, 2.24) is 5.32 Å². The van der Waals surface area contributed by atoms with E-state index >= 15 is 0 Å². The molecular formula is C19H33NO. The smallest absolute Gasteiger partial charge is 0.122 e. The Labute approximate surface area is 131 Å². The lowest BCUT2D eigenvalue weighted by Crippen LogP contribution is -2.38. The molecule has 0 heterocycles. The Morgan fingerprint density at radius 3 is 2.48 bits per heavy atom. The highest BCUT2D eigenvalue weighted by molar-refractivity contribution is 5.33. The van der Waals surface area contributed by atoms with E-state index in [0.717, 1.165) is 24.6 Å². The minimum Gasteiger partial charge on any atom is -0.496 e. The van der Waals surface area contributed by atoms with Gasteiger partial charge in [0.2, 0.25) is 0 Å². The number of ether oxygens (including phenoxy) is 1. The molecule has 0 fully saturated rings. The number of rotatable bonds is 11. The van der Waals surface area contributed by atoms with Gasteiger partial charge in [0, 0.05) is 6.04 Å². The number of para-hydroxylation sites is 1. The van der Waals surface area contributed by atoms with Gasteiger partial charge in [0.1, 0.15) is 5.75 Å². The summed E-state index contributed by atoms with van der Waals surface area (Å²) in [5.41, 5.74) is 1.32. The molecule has 0 aliphatic rings. The first kappa shape index (κ1) is 18.0. The van der Waals surface area contributed by atoms with Crippen molar-refractivity contribution in [1.29, 1.82) is 0 Å². The van der Waals surface area contributed by atoms with Gasteiger partial charge in [-0.15, -0.1) is 0 Å². The minimum absolute atomic E-state index is 0.554. The van der Waals surface area contributed by atoms with Crippen LogP contribution < -0.4 is 10.1 Å². The Bertz CT molecular complexity index is 378. The van der Waals surface area contributed by atoms with Crippen molar-refractivity contribution in [2.24, 2.45) is 5.92 Å². The maximum absolute atomic E-state index is 5.52. The van der Waals surface area contributed by atoms with E-state index in [-0.39, 0.29) is 0 Å². The fourth-order valence-corrected chi connectivity index (χ4v) is 3.00. The topological polar surface area (TPSA) is 21.3 Å². The standard InChI is InChI=1S/C19H33NO/c1-5-8-11-16(7-3)18(20-14-6-2)15-17-12-9-10-13-19(17)21-4/h9-10,12-13,16,18,20H,5-8,11,14-15H2,1-4H3. The molecule has 2 unspecified atom stereocenters. The Hall–Kier alpha value is -1.02. The van der Waals surface area contributed by atoms with Crippen LogP contribution in [0.3, 0.4) is 0 Å². The molecule has 0 bridgehead atoms. The van der Waals surface area contributed by atoms with Crippen molar-refractivity contribution in [2.75, 3.05) is 13.7 Å². The van der Waals surface area contributed by atoms with E-state index in [1.807, 2.05) is 6.07 Å². The van der Waals surface area contributed by atoms with Crippen molar-refractivity contribution in [3.63, 3.8) is 0 Å². The van der Waals surface area contributed by atoms with Gasteiger partial charge in [-0.3, -0.25) is 0 Å². The fraction of sp³-hybridized carbons (Fsp3) is 0.684. The first-order valence-corrected chi connectivity index (χ1v) is 8.61. The van der Waals surface area contributed by atoms with Gasteiger partial charge in [-0.05, 0) is 43.4 Å². The maximum atomic E-state index is 5.52. The molecule has 1 aromatic rings. The summed E-state index contributed by atoms with van der Waals surface area (Å²) in [5, 5.41) is 3.77. The van der Waals surface area contributed by atoms with Gasteiger partial charge in [-0.2, -0.15) is 0 Å². The molecule has 2 heteroatoms. The van der Waals surface area contributed by atoms with Crippen LogP contribution in [0.1, 0.15) is 58.4 Å². The van der Waals surface area contributed by atoms with Crippen LogP contribution in [0.2, 0.25) is 0 Å². The number of hydrogen-bond donors (Lipinski definition) is 1. The largest absolute Gasteiger partial charge is 0.496 e. The van der Waals surface area contributed by atoms with E-state index in [4.69, 9.17) is 4.74 Å². The third kappa shape index (κ3) is 6.09. The predicted octanol–water partition coefficient (Wildman–Crippen LogP) is 4.82. The summed E-state index contributed by atoms with van der Waals surface area (Å²) >= 11 is 0. The van der Waals surface area contributed by atoms with Crippen LogP contribution in [-0.4, -0.2) is 19.7 Å². The highest BCUT2D eigenvalue weighted by Gasteiger charge is 2.20. The molecule has 120 valence electrons. The first-order chi connectivity index (χ1) is 10.3. The van der Waals surface area contributed by atoms with Crippen molar-refractivity contribution >= 4 is 0 Å². The van der Waals surface area contributed by atoms with Crippen LogP contribution in [0, 0.1) is 5.92 Å². The second-order valence-corrected chi connectivity index (χ2v) is 5.89. The molecule has 1 N–H and O–H groups in total. The monoisotopic (exact) mass is 291 g/mol. The highest BCUT2D eigenvalue weighted by Crippen LogP contribution is 2.25. The molecular weight excluding hydrogens is 258 g/mol. The minimum atomic E-state index is 0.554. The molecule has 0 radical (unpaired) electrons. The number of benzene rings is 1. The molecule has 0 aromatic heterocycles. The molecule has 2 nitrogen and oxygen atoms in total. The zero-order chi connectivity index (χ0) is 15.5. The summed E-state index contributed by atoms with van der Waals surface area (Å²) in [6.07, 6.45) is 7.43. The molecule has 2 atom stereocenters. The van der Waals surface area contributed by atoms with Gasteiger partial charge in [-0.25, -0.2) is 0 Å². The summed E-state index contributed by atoms with van der Waals surface area (Å²) in [7, 11) is 1.77. The van der Waals surface area contributed by atoms with Crippen molar-refractivity contribution < 1.29 is 4.74 Å². The first-order valence-electron chi connectivity index (χ1n) is 8.61. The lowest BCUT2D eigenvalue weighted by Gasteiger charge is -2.28. The van der Waals surface area contributed by atoms with E-state index in [0.29, 0.717) is 6.04 Å². The summed E-state index contributed by atoms with van der Waals surface area (Å²) in [4.78, 5) is 0. The molecule has 0 aliphatic carbocycles. The molecule has 0 aliphatic heterocycles. The number of hydrogen-bond acceptors (Lipinski definition) is 2. The molecule has 0 saturated heterocycles. The Morgan fingerprint density at radius 2 is 1.86 bits per heavy atom. The SMILES string of the molecule is CCCCC(CC)C(Cc1ccccc1OC)NCCC. The Balaban J connectivity index is 2.80. The van der Waals surface area contributed by atoms with Gasteiger partial charge in [-0.1, -0.05) is 58.2 Å². The Morgan fingerprint density at radius 1 is 1.10 bits per heavy atom. The number of unbranched alkanes of at least 4 members (excludes halogenated alkanes) is 1. The van der Waals surface area contributed by atoms with Gasteiger partial charge in [0.05, 0.1) is 7.11 Å². The summed E-state index contributed by atoms with van der Waals surface area (Å²) in [6.45, 7) is 7.94. The zero-order valence-corrected chi connectivity index (χ0v) is 14.3. The average Bonchev–Trinajstić information content (AvgIpc) is 2.53. The average molecular weight is 291 g/mol. The molecule has 0 saturated carbocycles. The lowest BCUT2D eigenvalue weighted by atomic mass is 9.87. The summed E-state index contributed by atoms with van der Waals surface area (Å²) in [5.74, 6) is 1.77. The van der Waals surface area contributed by atoms with E-state index < -0.39 is 0 Å². The van der Waals surface area contributed by atoms with Gasteiger partial charge in [0.25, 0.3) is 0 Å². The van der Waals surface area contributed by atoms with Crippen molar-refractivity contribution in [3.8, 4) is 5.75 Å². The third-order valence-electron chi connectivity index (χ3n) is 4.31. The molecule has 0 spiro atoms. The summed E-state index contributed by atoms with van der Waals surface area (Å²) < 4.78 is 5.52. The highest BCUT2D eigenvalue weighted by atomic mass is 16.5. The van der Waals surface area contributed by atoms with Gasteiger partial charge in [0.15, 0.2) is 0 Å². The summed E-state index contributed by atoms with van der Waals surface area (Å²) in [6, 6.07) is 8.98. The van der Waals surface area contributed by atoms with Gasteiger partial charge >= 0.3 is 0 Å². The van der Waals surface area contributed by atoms with Crippen LogP contribution in [0.15, 0.2) is 24.3 Å². The van der Waals surface area contributed by atoms with Gasteiger partial charge < -0.3 is 10.1 Å². The lowest BCUT2D eigenvalue weighted by molar-refractivity contribution is 0.312. The van der Waals surface area contributed by atoms with Crippen molar-refractivity contribution in [2.45, 2.75) is 65.3 Å². The molecule has 21 heavy (non-hydrogen) atoms. The Kier molecular flexibility index (Phi) is 9.16. The molecule has 1 rings (SSSR count). The predicted molar refractivity (Wildman–Crippen MR) is 92.1 cm³/mol. The second kappa shape index (κ2) is 10.7. The quantitative estimate of drug-likeness (QED) is 0.631. The van der Waals surface area contributed by atoms with Crippen LogP contribution in [0.4, 0.5) is 0 Å². The number of nitrogens with one attached hydrogen (secondary N) is 1. The zero-order valence-electron chi connectivity index (χ0n) is 14.3. The van der Waals surface area contributed by atoms with Crippen LogP contribution in [-0.2, 0) is 6.42 Å². The molecule has 1 aromatic carbocycles. The number of methoxy groups -OCH3 is 1. The van der Waals surface area contributed by atoms with Crippen molar-refractivity contribution in [3.05, 3.63) is 29.8 Å². The second-order valence-electron chi connectivity index (χ2n) is 5.89. The normalized spacial score (nSPS) is 13.9. The fourth-order valence-electron chi connectivity index (χ4n) is 3.00. The van der Waals surface area contributed by atoms with E-state index in [1.165, 1.54) is 37.7 Å². The van der Waals surface area contributed by atoms with E-state index in [9.17, 15) is 0 Å². The van der Waals surface area contributed by atoms with Crippen LogP contribution in [0.5, 0.6) is 5.75 Å². The van der Waals surface area contributed by atoms with E-state index in [2.05, 4.69) is 44.3 Å². The van der Waals surface area contributed by atoms with E-state index in [1.54, 1.807) is 7.11 Å².